The Kier molecular flexibility index (Phi) is 3.73. The molecule has 2 rings (SSSR count). The van der Waals surface area contributed by atoms with Crippen molar-refractivity contribution in [2.45, 2.75) is 57.3 Å². The Morgan fingerprint density at radius 2 is 2.15 bits per heavy atom. The number of alkyl halides is 1. The Labute approximate surface area is 116 Å². The van der Waals surface area contributed by atoms with Gasteiger partial charge in [0.05, 0.1) is 17.3 Å². The lowest BCUT2D eigenvalue weighted by Crippen LogP contribution is -2.26. The quantitative estimate of drug-likeness (QED) is 0.778. The van der Waals surface area contributed by atoms with Crippen LogP contribution in [-0.2, 0) is 5.54 Å². The number of aliphatic hydroxyl groups is 1. The first-order valence-corrected chi connectivity index (χ1v) is 6.61. The summed E-state index contributed by atoms with van der Waals surface area (Å²) < 4.78 is 15.0. The molecule has 1 aromatic rings. The average molecular weight is 285 g/mol. The van der Waals surface area contributed by atoms with Crippen LogP contribution in [0.25, 0.3) is 0 Å². The van der Waals surface area contributed by atoms with Gasteiger partial charge in [-0.15, -0.1) is 0 Å². The van der Waals surface area contributed by atoms with Gasteiger partial charge in [-0.3, -0.25) is 5.32 Å². The minimum Gasteiger partial charge on any atom is -0.465 e. The van der Waals surface area contributed by atoms with Crippen molar-refractivity contribution in [1.29, 1.82) is 0 Å². The molecule has 6 nitrogen and oxygen atoms in total. The molecule has 0 saturated heterocycles. The van der Waals surface area contributed by atoms with Crippen molar-refractivity contribution in [3.8, 4) is 0 Å². The van der Waals surface area contributed by atoms with Crippen LogP contribution in [0, 0.1) is 0 Å². The van der Waals surface area contributed by atoms with Crippen molar-refractivity contribution in [2.75, 3.05) is 5.32 Å². The predicted molar refractivity (Wildman–Crippen MR) is 71.7 cm³/mol. The third-order valence-corrected chi connectivity index (χ3v) is 3.47. The second-order valence-electron chi connectivity index (χ2n) is 6.22. The Balaban J connectivity index is 2.32. The smallest absolute Gasteiger partial charge is 0.410 e. The molecule has 20 heavy (non-hydrogen) atoms. The fourth-order valence-corrected chi connectivity index (χ4v) is 2.51. The summed E-state index contributed by atoms with van der Waals surface area (Å²) in [5.41, 5.74) is 0.213. The van der Waals surface area contributed by atoms with Crippen LogP contribution in [0.2, 0.25) is 0 Å². The molecule has 0 spiro atoms. The van der Waals surface area contributed by atoms with Crippen LogP contribution in [-0.4, -0.2) is 38.4 Å². The summed E-state index contributed by atoms with van der Waals surface area (Å²) in [5.74, 6) is 0.176. The maximum atomic E-state index is 13.4. The second kappa shape index (κ2) is 5.05. The zero-order valence-electron chi connectivity index (χ0n) is 11.8. The lowest BCUT2D eigenvalue weighted by atomic mass is 10.0. The van der Waals surface area contributed by atoms with Crippen molar-refractivity contribution in [2.24, 2.45) is 0 Å². The molecule has 112 valence electrons. The fraction of sp³-hybridized carbons (Fsp3) is 0.692. The lowest BCUT2D eigenvalue weighted by Gasteiger charge is -2.22. The van der Waals surface area contributed by atoms with E-state index in [-0.39, 0.29) is 12.3 Å². The van der Waals surface area contributed by atoms with E-state index in [9.17, 15) is 14.3 Å². The van der Waals surface area contributed by atoms with E-state index in [2.05, 4.69) is 10.4 Å². The van der Waals surface area contributed by atoms with Gasteiger partial charge in [0.25, 0.3) is 0 Å². The van der Waals surface area contributed by atoms with Gasteiger partial charge < -0.3 is 10.2 Å². The predicted octanol–water partition coefficient (Wildman–Crippen LogP) is 2.30. The summed E-state index contributed by atoms with van der Waals surface area (Å²) >= 11 is 0. The first-order chi connectivity index (χ1) is 9.18. The number of anilines is 1. The molecule has 1 aliphatic rings. The number of hydrogen-bond acceptors (Lipinski definition) is 3. The molecule has 7 heteroatoms. The van der Waals surface area contributed by atoms with E-state index >= 15 is 0 Å². The van der Waals surface area contributed by atoms with E-state index in [4.69, 9.17) is 5.11 Å². The third-order valence-electron chi connectivity index (χ3n) is 3.47. The summed E-state index contributed by atoms with van der Waals surface area (Å²) in [6.45, 7) is 5.70. The number of amides is 1. The van der Waals surface area contributed by atoms with Crippen molar-refractivity contribution in [3.05, 3.63) is 11.8 Å². The van der Waals surface area contributed by atoms with E-state index in [1.807, 2.05) is 20.8 Å². The minimum atomic E-state index is -1.24. The number of nitrogens with zero attached hydrogens (tertiary/aromatic N) is 2. The van der Waals surface area contributed by atoms with E-state index in [1.54, 1.807) is 10.7 Å². The lowest BCUT2D eigenvalue weighted by molar-refractivity contribution is 0.103. The van der Waals surface area contributed by atoms with Crippen molar-refractivity contribution >= 4 is 11.9 Å². The molecule has 1 aliphatic carbocycles. The third kappa shape index (κ3) is 2.92. The molecular formula is C13H20FN3O3. The van der Waals surface area contributed by atoms with Gasteiger partial charge in [0, 0.05) is 12.0 Å². The van der Waals surface area contributed by atoms with Crippen molar-refractivity contribution in [3.63, 3.8) is 0 Å². The van der Waals surface area contributed by atoms with E-state index in [0.29, 0.717) is 17.9 Å². The molecule has 0 aromatic carbocycles. The molecule has 3 N–H and O–H groups in total. The molecule has 0 unspecified atom stereocenters. The highest BCUT2D eigenvalue weighted by atomic mass is 19.1. The summed E-state index contributed by atoms with van der Waals surface area (Å²) in [5, 5.41) is 25.1. The number of halogens is 1. The molecule has 1 fully saturated rings. The Bertz CT molecular complexity index is 499. The van der Waals surface area contributed by atoms with Gasteiger partial charge in [0.2, 0.25) is 0 Å². The summed E-state index contributed by atoms with van der Waals surface area (Å²) in [6.07, 6.45) is -2.84. The SMILES string of the molecule is CC(C)(C)n1nc([C@@H]2C[C@H](O)[C@@H](F)C2)cc1NC(=O)O. The van der Waals surface area contributed by atoms with Crippen LogP contribution in [0.3, 0.4) is 0 Å². The molecular weight excluding hydrogens is 265 g/mol. The van der Waals surface area contributed by atoms with Gasteiger partial charge in [0.15, 0.2) is 0 Å². The molecule has 1 heterocycles. The number of aromatic nitrogens is 2. The zero-order valence-corrected chi connectivity index (χ0v) is 11.8. The maximum Gasteiger partial charge on any atom is 0.410 e. The largest absolute Gasteiger partial charge is 0.465 e. The van der Waals surface area contributed by atoms with Crippen LogP contribution >= 0.6 is 0 Å². The number of aliphatic hydroxyl groups excluding tert-OH is 1. The Hall–Kier alpha value is -1.63. The average Bonchev–Trinajstić information content (AvgIpc) is 2.82. The number of hydrogen-bond donors (Lipinski definition) is 3. The molecule has 1 amide bonds. The van der Waals surface area contributed by atoms with E-state index < -0.39 is 23.9 Å². The first-order valence-electron chi connectivity index (χ1n) is 6.61. The van der Waals surface area contributed by atoms with Gasteiger partial charge in [-0.05, 0) is 33.6 Å². The van der Waals surface area contributed by atoms with Gasteiger partial charge in [-0.2, -0.15) is 5.10 Å². The Morgan fingerprint density at radius 1 is 1.50 bits per heavy atom. The normalized spacial score (nSPS) is 26.8. The number of nitrogens with one attached hydrogen (secondary N) is 1. The van der Waals surface area contributed by atoms with Crippen LogP contribution in [0.1, 0.15) is 45.2 Å². The standard InChI is InChI=1S/C13H20FN3O3/c1-13(2,3)17-11(15-12(19)20)6-9(16-17)7-4-8(14)10(18)5-7/h6-8,10,15,18H,4-5H2,1-3H3,(H,19,20)/t7-,8-,10-/m0/s1. The van der Waals surface area contributed by atoms with Crippen LogP contribution < -0.4 is 5.32 Å². The minimum absolute atomic E-state index is 0.182. The van der Waals surface area contributed by atoms with Gasteiger partial charge in [-0.1, -0.05) is 0 Å². The van der Waals surface area contributed by atoms with Gasteiger partial charge >= 0.3 is 6.09 Å². The van der Waals surface area contributed by atoms with Gasteiger partial charge in [-0.25, -0.2) is 13.9 Å². The highest BCUT2D eigenvalue weighted by Gasteiger charge is 2.36. The maximum absolute atomic E-state index is 13.4. The Morgan fingerprint density at radius 3 is 2.60 bits per heavy atom. The first kappa shape index (κ1) is 14.8. The van der Waals surface area contributed by atoms with Crippen LogP contribution in [0.15, 0.2) is 6.07 Å². The molecule has 0 radical (unpaired) electrons. The van der Waals surface area contributed by atoms with Gasteiger partial charge in [0.1, 0.15) is 12.0 Å². The highest BCUT2D eigenvalue weighted by Crippen LogP contribution is 2.37. The van der Waals surface area contributed by atoms with Crippen molar-refractivity contribution in [1.82, 2.24) is 9.78 Å². The molecule has 0 aliphatic heterocycles. The number of rotatable bonds is 2. The monoisotopic (exact) mass is 285 g/mol. The molecule has 1 saturated carbocycles. The molecule has 1 aromatic heterocycles. The fourth-order valence-electron chi connectivity index (χ4n) is 2.51. The number of carbonyl (C=O) groups is 1. The van der Waals surface area contributed by atoms with E-state index in [0.717, 1.165) is 0 Å². The number of carboxylic acid groups (broad SMARTS) is 1. The molecule has 0 bridgehead atoms. The summed E-state index contributed by atoms with van der Waals surface area (Å²) in [4.78, 5) is 10.8. The summed E-state index contributed by atoms with van der Waals surface area (Å²) in [6, 6.07) is 1.62. The van der Waals surface area contributed by atoms with Crippen LogP contribution in [0.4, 0.5) is 15.0 Å². The topological polar surface area (TPSA) is 87.4 Å². The zero-order chi connectivity index (χ0) is 15.1. The van der Waals surface area contributed by atoms with Crippen LogP contribution in [0.5, 0.6) is 0 Å². The summed E-state index contributed by atoms with van der Waals surface area (Å²) in [7, 11) is 0. The highest BCUT2D eigenvalue weighted by molar-refractivity contribution is 5.81. The second-order valence-corrected chi connectivity index (χ2v) is 6.22. The van der Waals surface area contributed by atoms with E-state index in [1.165, 1.54) is 0 Å². The molecule has 3 atom stereocenters. The van der Waals surface area contributed by atoms with Crippen molar-refractivity contribution < 1.29 is 19.4 Å².